The van der Waals surface area contributed by atoms with Crippen molar-refractivity contribution in [2.75, 3.05) is 20.8 Å². The van der Waals surface area contributed by atoms with E-state index in [2.05, 4.69) is 13.0 Å². The van der Waals surface area contributed by atoms with Crippen molar-refractivity contribution in [1.29, 1.82) is 0 Å². The zero-order valence-electron chi connectivity index (χ0n) is 12.2. The molecule has 0 bridgehead atoms. The van der Waals surface area contributed by atoms with Gasteiger partial charge in [-0.25, -0.2) is 0 Å². The molecule has 1 fully saturated rings. The molecule has 19 heavy (non-hydrogen) atoms. The first-order valence-corrected chi connectivity index (χ1v) is 6.74. The molecule has 2 N–H and O–H groups in total. The van der Waals surface area contributed by atoms with Crippen LogP contribution in [0.3, 0.4) is 0 Å². The van der Waals surface area contributed by atoms with Crippen molar-refractivity contribution in [1.82, 2.24) is 0 Å². The lowest BCUT2D eigenvalue weighted by Gasteiger charge is -2.25. The summed E-state index contributed by atoms with van der Waals surface area (Å²) in [5.41, 5.74) is 7.34. The molecule has 1 unspecified atom stereocenters. The van der Waals surface area contributed by atoms with Crippen molar-refractivity contribution in [3.05, 3.63) is 17.7 Å². The molecule has 1 aliphatic rings. The van der Waals surface area contributed by atoms with Crippen molar-refractivity contribution < 1.29 is 14.2 Å². The SMILES string of the molecule is CCOc1c(C2(C(C)N)CC2)ccc(OC)c1OC. The fourth-order valence-electron chi connectivity index (χ4n) is 2.68. The lowest BCUT2D eigenvalue weighted by molar-refractivity contribution is 0.290. The van der Waals surface area contributed by atoms with E-state index in [1.54, 1.807) is 14.2 Å². The topological polar surface area (TPSA) is 53.7 Å². The van der Waals surface area contributed by atoms with Crippen LogP contribution in [0.25, 0.3) is 0 Å². The molecule has 106 valence electrons. The van der Waals surface area contributed by atoms with E-state index in [0.717, 1.165) is 24.2 Å². The van der Waals surface area contributed by atoms with Gasteiger partial charge in [-0.05, 0) is 32.8 Å². The molecule has 4 nitrogen and oxygen atoms in total. The highest BCUT2D eigenvalue weighted by Gasteiger charge is 2.50. The molecule has 1 aliphatic carbocycles. The van der Waals surface area contributed by atoms with E-state index in [-0.39, 0.29) is 11.5 Å². The van der Waals surface area contributed by atoms with E-state index in [0.29, 0.717) is 18.1 Å². The molecule has 0 spiro atoms. The summed E-state index contributed by atoms with van der Waals surface area (Å²) in [6, 6.07) is 4.09. The Morgan fingerprint density at radius 2 is 1.89 bits per heavy atom. The van der Waals surface area contributed by atoms with Crippen molar-refractivity contribution in [3.8, 4) is 17.2 Å². The van der Waals surface area contributed by atoms with Crippen LogP contribution in [0.5, 0.6) is 17.2 Å². The Kier molecular flexibility index (Phi) is 3.90. The minimum Gasteiger partial charge on any atom is -0.493 e. The minimum absolute atomic E-state index is 0.0318. The maximum absolute atomic E-state index is 6.16. The highest BCUT2D eigenvalue weighted by atomic mass is 16.5. The average molecular weight is 265 g/mol. The van der Waals surface area contributed by atoms with E-state index in [1.165, 1.54) is 0 Å². The Balaban J connectivity index is 2.55. The van der Waals surface area contributed by atoms with Crippen molar-refractivity contribution in [3.63, 3.8) is 0 Å². The van der Waals surface area contributed by atoms with Crippen molar-refractivity contribution >= 4 is 0 Å². The Hall–Kier alpha value is -1.42. The van der Waals surface area contributed by atoms with Gasteiger partial charge in [0.25, 0.3) is 0 Å². The summed E-state index contributed by atoms with van der Waals surface area (Å²) in [7, 11) is 3.27. The molecule has 1 saturated carbocycles. The van der Waals surface area contributed by atoms with Crippen LogP contribution in [-0.4, -0.2) is 26.9 Å². The number of benzene rings is 1. The number of hydrogen-bond acceptors (Lipinski definition) is 4. The predicted octanol–water partition coefficient (Wildman–Crippen LogP) is 2.48. The monoisotopic (exact) mass is 265 g/mol. The van der Waals surface area contributed by atoms with Gasteiger partial charge in [-0.3, -0.25) is 0 Å². The van der Waals surface area contributed by atoms with Gasteiger partial charge >= 0.3 is 0 Å². The average Bonchev–Trinajstić information content (AvgIpc) is 3.19. The molecule has 1 aromatic carbocycles. The van der Waals surface area contributed by atoms with Gasteiger partial charge in [-0.1, -0.05) is 6.07 Å². The van der Waals surface area contributed by atoms with E-state index >= 15 is 0 Å². The zero-order valence-corrected chi connectivity index (χ0v) is 12.2. The van der Waals surface area contributed by atoms with E-state index < -0.39 is 0 Å². The third-order valence-electron chi connectivity index (χ3n) is 3.99. The van der Waals surface area contributed by atoms with Gasteiger partial charge in [0.2, 0.25) is 5.75 Å². The quantitative estimate of drug-likeness (QED) is 0.858. The van der Waals surface area contributed by atoms with Gasteiger partial charge in [-0.2, -0.15) is 0 Å². The predicted molar refractivity (Wildman–Crippen MR) is 75.3 cm³/mol. The van der Waals surface area contributed by atoms with E-state index in [9.17, 15) is 0 Å². The van der Waals surface area contributed by atoms with Crippen LogP contribution in [0.15, 0.2) is 12.1 Å². The van der Waals surface area contributed by atoms with Gasteiger partial charge in [0.1, 0.15) is 0 Å². The molecule has 0 amide bonds. The Bertz CT molecular complexity index is 453. The lowest BCUT2D eigenvalue weighted by Crippen LogP contribution is -2.32. The van der Waals surface area contributed by atoms with Crippen LogP contribution in [0.2, 0.25) is 0 Å². The first-order chi connectivity index (χ1) is 9.10. The van der Waals surface area contributed by atoms with Crippen LogP contribution < -0.4 is 19.9 Å². The molecule has 4 heteroatoms. The fourth-order valence-corrected chi connectivity index (χ4v) is 2.68. The molecular formula is C15H23NO3. The second-order valence-corrected chi connectivity index (χ2v) is 5.06. The standard InChI is InChI=1S/C15H23NO3/c1-5-19-13-11(15(8-9-15)10(2)16)6-7-12(17-3)14(13)18-4/h6-7,10H,5,8-9,16H2,1-4H3. The summed E-state index contributed by atoms with van der Waals surface area (Å²) in [5.74, 6) is 2.13. The van der Waals surface area contributed by atoms with Crippen LogP contribution >= 0.6 is 0 Å². The van der Waals surface area contributed by atoms with Crippen LogP contribution in [0.1, 0.15) is 32.3 Å². The largest absolute Gasteiger partial charge is 0.493 e. The number of rotatable bonds is 6. The Morgan fingerprint density at radius 1 is 1.21 bits per heavy atom. The second-order valence-electron chi connectivity index (χ2n) is 5.06. The molecule has 0 aromatic heterocycles. The number of methoxy groups -OCH3 is 2. The van der Waals surface area contributed by atoms with Gasteiger partial charge < -0.3 is 19.9 Å². The minimum atomic E-state index is 0.0318. The molecule has 0 aliphatic heterocycles. The van der Waals surface area contributed by atoms with Gasteiger partial charge in [-0.15, -0.1) is 0 Å². The molecule has 0 radical (unpaired) electrons. The third-order valence-corrected chi connectivity index (χ3v) is 3.99. The second kappa shape index (κ2) is 5.29. The summed E-state index contributed by atoms with van der Waals surface area (Å²) < 4.78 is 16.6. The smallest absolute Gasteiger partial charge is 0.203 e. The lowest BCUT2D eigenvalue weighted by atomic mass is 9.88. The van der Waals surface area contributed by atoms with Gasteiger partial charge in [0, 0.05) is 17.0 Å². The summed E-state index contributed by atoms with van der Waals surface area (Å²) in [4.78, 5) is 0. The van der Waals surface area contributed by atoms with Crippen LogP contribution in [0, 0.1) is 0 Å². The maximum atomic E-state index is 6.16. The number of hydrogen-bond donors (Lipinski definition) is 1. The zero-order chi connectivity index (χ0) is 14.0. The van der Waals surface area contributed by atoms with Crippen LogP contribution in [0.4, 0.5) is 0 Å². The molecule has 0 heterocycles. The fraction of sp³-hybridized carbons (Fsp3) is 0.600. The first kappa shape index (κ1) is 14.0. The molecule has 0 saturated heterocycles. The Labute approximate surface area is 114 Å². The van der Waals surface area contributed by atoms with E-state index in [4.69, 9.17) is 19.9 Å². The summed E-state index contributed by atoms with van der Waals surface area (Å²) in [5, 5.41) is 0. The van der Waals surface area contributed by atoms with Crippen molar-refractivity contribution in [2.45, 2.75) is 38.1 Å². The first-order valence-electron chi connectivity index (χ1n) is 6.74. The maximum Gasteiger partial charge on any atom is 0.203 e. The van der Waals surface area contributed by atoms with Crippen LogP contribution in [-0.2, 0) is 5.41 Å². The molecule has 1 aromatic rings. The van der Waals surface area contributed by atoms with Gasteiger partial charge in [0.05, 0.1) is 20.8 Å². The van der Waals surface area contributed by atoms with Crippen molar-refractivity contribution in [2.24, 2.45) is 5.73 Å². The molecule has 2 rings (SSSR count). The Morgan fingerprint density at radius 3 is 2.32 bits per heavy atom. The highest BCUT2D eigenvalue weighted by Crippen LogP contribution is 2.56. The normalized spacial score (nSPS) is 17.7. The summed E-state index contributed by atoms with van der Waals surface area (Å²) in [6.45, 7) is 4.61. The number of ether oxygens (including phenoxy) is 3. The summed E-state index contributed by atoms with van der Waals surface area (Å²) in [6.07, 6.45) is 2.19. The number of nitrogens with two attached hydrogens (primary N) is 1. The molecule has 1 atom stereocenters. The van der Waals surface area contributed by atoms with E-state index in [1.807, 2.05) is 13.0 Å². The highest BCUT2D eigenvalue weighted by molar-refractivity contribution is 5.59. The molecular weight excluding hydrogens is 242 g/mol. The summed E-state index contributed by atoms with van der Waals surface area (Å²) >= 11 is 0. The third kappa shape index (κ3) is 2.25. The van der Waals surface area contributed by atoms with Gasteiger partial charge in [0.15, 0.2) is 11.5 Å².